The molecule has 2 rings (SSSR count). The molecule has 1 atom stereocenters. The summed E-state index contributed by atoms with van der Waals surface area (Å²) in [7, 11) is 0. The lowest BCUT2D eigenvalue weighted by molar-refractivity contribution is 0.272. The molecule has 16 heavy (non-hydrogen) atoms. The van der Waals surface area contributed by atoms with E-state index in [0.29, 0.717) is 0 Å². The molecule has 1 aromatic heterocycles. The molecule has 0 saturated carbocycles. The summed E-state index contributed by atoms with van der Waals surface area (Å²) < 4.78 is 1.07. The number of nitrogens with one attached hydrogen (secondary N) is 1. The zero-order chi connectivity index (χ0) is 11.5. The Morgan fingerprint density at radius 2 is 2.38 bits per heavy atom. The number of thiazole rings is 1. The fourth-order valence-corrected chi connectivity index (χ4v) is 2.45. The highest BCUT2D eigenvalue weighted by molar-refractivity contribution is 7.22. The van der Waals surface area contributed by atoms with Gasteiger partial charge >= 0.3 is 0 Å². The molecular weight excluding hydrogens is 222 g/mol. The van der Waals surface area contributed by atoms with Crippen molar-refractivity contribution >= 4 is 32.4 Å². The van der Waals surface area contributed by atoms with E-state index in [0.717, 1.165) is 27.5 Å². The third-order valence-electron chi connectivity index (χ3n) is 2.45. The van der Waals surface area contributed by atoms with Crippen molar-refractivity contribution in [3.63, 3.8) is 0 Å². The molecule has 1 unspecified atom stereocenters. The summed E-state index contributed by atoms with van der Waals surface area (Å²) >= 11 is 1.56. The average molecular weight is 237 g/mol. The first-order chi connectivity index (χ1) is 7.72. The number of aliphatic hydroxyl groups is 1. The number of fused-ring (bicyclic) bond motifs is 1. The second-order valence-corrected chi connectivity index (χ2v) is 4.71. The number of nitrogen functional groups attached to an aromatic ring is 1. The van der Waals surface area contributed by atoms with Gasteiger partial charge in [-0.2, -0.15) is 0 Å². The topological polar surface area (TPSA) is 71.2 Å². The van der Waals surface area contributed by atoms with E-state index in [4.69, 9.17) is 10.8 Å². The highest BCUT2D eigenvalue weighted by Crippen LogP contribution is 2.27. The van der Waals surface area contributed by atoms with Crippen LogP contribution in [0.2, 0.25) is 0 Å². The van der Waals surface area contributed by atoms with Gasteiger partial charge in [0, 0.05) is 5.69 Å². The van der Waals surface area contributed by atoms with E-state index in [-0.39, 0.29) is 12.6 Å². The van der Waals surface area contributed by atoms with Gasteiger partial charge in [0.05, 0.1) is 22.9 Å². The lowest BCUT2D eigenvalue weighted by Gasteiger charge is -2.11. The fraction of sp³-hybridized carbons (Fsp3) is 0.364. The molecule has 0 fully saturated rings. The summed E-state index contributed by atoms with van der Waals surface area (Å²) in [4.78, 5) is 4.43. The van der Waals surface area contributed by atoms with E-state index in [9.17, 15) is 0 Å². The second-order valence-electron chi connectivity index (χ2n) is 3.68. The molecule has 0 spiro atoms. The standard InChI is InChI=1S/C11H15N3OS/c1-2-8(6-15)13-11-14-9-4-3-7(12)5-10(9)16-11/h3-5,8,15H,2,6,12H2,1H3,(H,13,14). The Hall–Kier alpha value is -1.33. The van der Waals surface area contributed by atoms with Crippen molar-refractivity contribution in [1.29, 1.82) is 0 Å². The smallest absolute Gasteiger partial charge is 0.184 e. The van der Waals surface area contributed by atoms with Crippen LogP contribution < -0.4 is 11.1 Å². The van der Waals surface area contributed by atoms with Crippen LogP contribution in [0.1, 0.15) is 13.3 Å². The Bertz CT molecular complexity index is 479. The van der Waals surface area contributed by atoms with Crippen LogP contribution in [0.15, 0.2) is 18.2 Å². The highest BCUT2D eigenvalue weighted by Gasteiger charge is 2.08. The Morgan fingerprint density at radius 1 is 1.56 bits per heavy atom. The summed E-state index contributed by atoms with van der Waals surface area (Å²) in [5, 5.41) is 13.1. The summed E-state index contributed by atoms with van der Waals surface area (Å²) in [5.74, 6) is 0. The first kappa shape index (κ1) is 11.2. The van der Waals surface area contributed by atoms with Crippen molar-refractivity contribution in [3.8, 4) is 0 Å². The average Bonchev–Trinajstić information content (AvgIpc) is 2.67. The molecular formula is C11H15N3OS. The largest absolute Gasteiger partial charge is 0.399 e. The monoisotopic (exact) mass is 237 g/mol. The van der Waals surface area contributed by atoms with Crippen molar-refractivity contribution in [2.75, 3.05) is 17.7 Å². The maximum atomic E-state index is 9.10. The van der Waals surface area contributed by atoms with Crippen LogP contribution in [-0.2, 0) is 0 Å². The zero-order valence-corrected chi connectivity index (χ0v) is 9.92. The summed E-state index contributed by atoms with van der Waals surface area (Å²) in [6, 6.07) is 5.73. The van der Waals surface area contributed by atoms with Crippen molar-refractivity contribution < 1.29 is 5.11 Å². The maximum Gasteiger partial charge on any atom is 0.184 e. The number of nitrogens with zero attached hydrogens (tertiary/aromatic N) is 1. The molecule has 1 aromatic carbocycles. The molecule has 86 valence electrons. The minimum atomic E-state index is 0.0675. The maximum absolute atomic E-state index is 9.10. The molecule has 0 saturated heterocycles. The third kappa shape index (κ3) is 2.25. The van der Waals surface area contributed by atoms with Gasteiger partial charge in [-0.1, -0.05) is 18.3 Å². The zero-order valence-electron chi connectivity index (χ0n) is 9.10. The van der Waals surface area contributed by atoms with E-state index >= 15 is 0 Å². The lowest BCUT2D eigenvalue weighted by atomic mass is 10.2. The first-order valence-electron chi connectivity index (χ1n) is 5.26. The van der Waals surface area contributed by atoms with Gasteiger partial charge in [-0.25, -0.2) is 4.98 Å². The van der Waals surface area contributed by atoms with Crippen LogP contribution in [0.5, 0.6) is 0 Å². The fourth-order valence-electron chi connectivity index (χ4n) is 1.45. The number of benzene rings is 1. The second kappa shape index (κ2) is 4.67. The minimum absolute atomic E-state index is 0.0675. The quantitative estimate of drug-likeness (QED) is 0.712. The number of aliphatic hydroxyl groups excluding tert-OH is 1. The molecule has 0 aliphatic rings. The molecule has 4 N–H and O–H groups in total. The van der Waals surface area contributed by atoms with Gasteiger partial charge in [0.2, 0.25) is 0 Å². The Kier molecular flexibility index (Phi) is 3.26. The van der Waals surface area contributed by atoms with Gasteiger partial charge in [-0.3, -0.25) is 0 Å². The summed E-state index contributed by atoms with van der Waals surface area (Å²) in [6.45, 7) is 2.15. The van der Waals surface area contributed by atoms with Gasteiger partial charge in [0.15, 0.2) is 5.13 Å². The molecule has 0 bridgehead atoms. The van der Waals surface area contributed by atoms with Crippen molar-refractivity contribution in [2.45, 2.75) is 19.4 Å². The van der Waals surface area contributed by atoms with Crippen LogP contribution in [-0.4, -0.2) is 22.7 Å². The third-order valence-corrected chi connectivity index (χ3v) is 3.40. The first-order valence-corrected chi connectivity index (χ1v) is 6.08. The molecule has 2 aromatic rings. The number of nitrogens with two attached hydrogens (primary N) is 1. The molecule has 0 aliphatic carbocycles. The predicted molar refractivity (Wildman–Crippen MR) is 68.8 cm³/mol. The van der Waals surface area contributed by atoms with Gasteiger partial charge < -0.3 is 16.2 Å². The molecule has 5 heteroatoms. The van der Waals surface area contributed by atoms with Gasteiger partial charge in [-0.15, -0.1) is 0 Å². The van der Waals surface area contributed by atoms with E-state index in [2.05, 4.69) is 10.3 Å². The number of aromatic nitrogens is 1. The minimum Gasteiger partial charge on any atom is -0.399 e. The van der Waals surface area contributed by atoms with Crippen LogP contribution >= 0.6 is 11.3 Å². The number of anilines is 2. The van der Waals surface area contributed by atoms with Gasteiger partial charge in [0.25, 0.3) is 0 Å². The van der Waals surface area contributed by atoms with Gasteiger partial charge in [-0.05, 0) is 24.6 Å². The predicted octanol–water partition coefficient (Wildman–Crippen LogP) is 2.06. The van der Waals surface area contributed by atoms with E-state index < -0.39 is 0 Å². The summed E-state index contributed by atoms with van der Waals surface area (Å²) in [6.07, 6.45) is 0.870. The van der Waals surface area contributed by atoms with Crippen molar-refractivity contribution in [2.24, 2.45) is 0 Å². The highest BCUT2D eigenvalue weighted by atomic mass is 32.1. The van der Waals surface area contributed by atoms with E-state index in [1.807, 2.05) is 25.1 Å². The Labute approximate surface area is 98.1 Å². The molecule has 0 aliphatic heterocycles. The van der Waals surface area contributed by atoms with Crippen LogP contribution in [0.3, 0.4) is 0 Å². The van der Waals surface area contributed by atoms with Crippen molar-refractivity contribution in [1.82, 2.24) is 4.98 Å². The van der Waals surface area contributed by atoms with Crippen molar-refractivity contribution in [3.05, 3.63) is 18.2 Å². The number of hydrogen-bond donors (Lipinski definition) is 3. The molecule has 1 heterocycles. The van der Waals surface area contributed by atoms with E-state index in [1.165, 1.54) is 0 Å². The summed E-state index contributed by atoms with van der Waals surface area (Å²) in [5.41, 5.74) is 7.39. The van der Waals surface area contributed by atoms with Crippen LogP contribution in [0.4, 0.5) is 10.8 Å². The van der Waals surface area contributed by atoms with Gasteiger partial charge in [0.1, 0.15) is 0 Å². The Morgan fingerprint density at radius 3 is 3.06 bits per heavy atom. The SMILES string of the molecule is CCC(CO)Nc1nc2ccc(N)cc2s1. The van der Waals surface area contributed by atoms with E-state index in [1.54, 1.807) is 11.3 Å². The number of hydrogen-bond acceptors (Lipinski definition) is 5. The molecule has 0 amide bonds. The Balaban J connectivity index is 2.25. The molecule has 4 nitrogen and oxygen atoms in total. The van der Waals surface area contributed by atoms with Crippen LogP contribution in [0.25, 0.3) is 10.2 Å². The normalized spacial score (nSPS) is 12.9. The lowest BCUT2D eigenvalue weighted by Crippen LogP contribution is -2.22. The number of rotatable bonds is 4. The van der Waals surface area contributed by atoms with Crippen LogP contribution in [0, 0.1) is 0 Å². The molecule has 0 radical (unpaired) electrons.